The highest BCUT2D eigenvalue weighted by atomic mass is 35.5. The van der Waals surface area contributed by atoms with Crippen LogP contribution in [0.15, 0.2) is 0 Å². The molecule has 0 fully saturated rings. The van der Waals surface area contributed by atoms with Crippen molar-refractivity contribution in [3.63, 3.8) is 0 Å². The molecule has 6 heteroatoms. The SMILES string of the molecule is CCCCC(CC)COP(=O)(OCl)OCC(CC)CCCC. The van der Waals surface area contributed by atoms with Crippen molar-refractivity contribution >= 4 is 19.7 Å². The zero-order valence-corrected chi connectivity index (χ0v) is 16.3. The molecule has 0 aromatic heterocycles. The third-order valence-electron chi connectivity index (χ3n) is 4.11. The van der Waals surface area contributed by atoms with Gasteiger partial charge in [0.1, 0.15) is 0 Å². The lowest BCUT2D eigenvalue weighted by Crippen LogP contribution is -2.12. The topological polar surface area (TPSA) is 44.8 Å². The van der Waals surface area contributed by atoms with E-state index in [1.165, 1.54) is 0 Å². The van der Waals surface area contributed by atoms with Crippen molar-refractivity contribution in [2.75, 3.05) is 13.2 Å². The van der Waals surface area contributed by atoms with Crippen LogP contribution in [0.25, 0.3) is 0 Å². The van der Waals surface area contributed by atoms with E-state index in [0.717, 1.165) is 51.4 Å². The van der Waals surface area contributed by atoms with Crippen molar-refractivity contribution in [1.29, 1.82) is 0 Å². The molecule has 0 aliphatic carbocycles. The number of phosphoric ester groups is 1. The van der Waals surface area contributed by atoms with Crippen molar-refractivity contribution in [2.45, 2.75) is 79.1 Å². The van der Waals surface area contributed by atoms with Crippen LogP contribution in [0.3, 0.4) is 0 Å². The van der Waals surface area contributed by atoms with E-state index in [4.69, 9.17) is 20.9 Å². The summed E-state index contributed by atoms with van der Waals surface area (Å²) in [5, 5.41) is 0. The molecule has 0 radical (unpaired) electrons. The van der Waals surface area contributed by atoms with Gasteiger partial charge in [-0.3, -0.25) is 9.05 Å². The molecule has 0 spiro atoms. The molecule has 0 heterocycles. The van der Waals surface area contributed by atoms with Crippen LogP contribution in [0.4, 0.5) is 0 Å². The summed E-state index contributed by atoms with van der Waals surface area (Å²) in [4.78, 5) is 0. The van der Waals surface area contributed by atoms with Gasteiger partial charge in [0.25, 0.3) is 0 Å². The molecular weight excluding hydrogens is 323 g/mol. The monoisotopic (exact) mass is 356 g/mol. The number of hydrogen-bond acceptors (Lipinski definition) is 4. The summed E-state index contributed by atoms with van der Waals surface area (Å²) in [5.74, 6) is 0.733. The smallest absolute Gasteiger partial charge is 0.286 e. The van der Waals surface area contributed by atoms with E-state index in [9.17, 15) is 4.57 Å². The van der Waals surface area contributed by atoms with Gasteiger partial charge >= 0.3 is 7.82 Å². The molecular formula is C16H34ClO4P. The Labute approximate surface area is 142 Å². The van der Waals surface area contributed by atoms with E-state index < -0.39 is 7.82 Å². The van der Waals surface area contributed by atoms with Crippen molar-refractivity contribution in [3.05, 3.63) is 0 Å². The Morgan fingerprint density at radius 1 is 0.864 bits per heavy atom. The Morgan fingerprint density at radius 2 is 1.27 bits per heavy atom. The molecule has 0 saturated heterocycles. The maximum absolute atomic E-state index is 12.4. The van der Waals surface area contributed by atoms with Crippen LogP contribution in [0.2, 0.25) is 0 Å². The van der Waals surface area contributed by atoms with E-state index >= 15 is 0 Å². The molecule has 22 heavy (non-hydrogen) atoms. The molecule has 0 aromatic rings. The van der Waals surface area contributed by atoms with Crippen LogP contribution < -0.4 is 0 Å². The van der Waals surface area contributed by atoms with Gasteiger partial charge in [-0.1, -0.05) is 66.2 Å². The normalized spacial score (nSPS) is 17.1. The van der Waals surface area contributed by atoms with Gasteiger partial charge in [-0.25, -0.2) is 4.57 Å². The van der Waals surface area contributed by atoms with Crippen molar-refractivity contribution in [2.24, 2.45) is 11.8 Å². The zero-order valence-electron chi connectivity index (χ0n) is 14.7. The molecule has 2 unspecified atom stereocenters. The first kappa shape index (κ1) is 22.4. The lowest BCUT2D eigenvalue weighted by Gasteiger charge is -2.21. The van der Waals surface area contributed by atoms with Crippen LogP contribution in [0.5, 0.6) is 0 Å². The molecule has 0 N–H and O–H groups in total. The summed E-state index contributed by atoms with van der Waals surface area (Å²) in [6.07, 6.45) is 8.66. The van der Waals surface area contributed by atoms with E-state index in [2.05, 4.69) is 31.8 Å². The number of rotatable bonds is 15. The quantitative estimate of drug-likeness (QED) is 0.305. The van der Waals surface area contributed by atoms with E-state index in [1.54, 1.807) is 0 Å². The molecule has 4 nitrogen and oxygen atoms in total. The highest BCUT2D eigenvalue weighted by molar-refractivity contribution is 7.49. The molecule has 0 amide bonds. The predicted molar refractivity (Wildman–Crippen MR) is 93.1 cm³/mol. The highest BCUT2D eigenvalue weighted by Crippen LogP contribution is 2.51. The molecule has 0 rings (SSSR count). The Bertz CT molecular complexity index is 278. The standard InChI is InChI=1S/C16H34ClO4P/c1-5-9-11-15(7-3)13-19-22(18,21-17)20-14-16(8-4)12-10-6-2/h15-16H,5-14H2,1-4H3. The summed E-state index contributed by atoms with van der Waals surface area (Å²) in [5.41, 5.74) is 0. The number of hydrogen-bond donors (Lipinski definition) is 0. The summed E-state index contributed by atoms with van der Waals surface area (Å²) >= 11 is 5.36. The Hall–Kier alpha value is 0.400. The minimum Gasteiger partial charge on any atom is -0.286 e. The van der Waals surface area contributed by atoms with Gasteiger partial charge < -0.3 is 0 Å². The average Bonchev–Trinajstić information content (AvgIpc) is 2.55. The van der Waals surface area contributed by atoms with Crippen molar-refractivity contribution in [3.8, 4) is 0 Å². The Morgan fingerprint density at radius 3 is 1.55 bits per heavy atom. The van der Waals surface area contributed by atoms with Gasteiger partial charge in [-0.05, 0) is 24.7 Å². The molecule has 0 aliphatic rings. The van der Waals surface area contributed by atoms with Crippen LogP contribution >= 0.6 is 19.7 Å². The van der Waals surface area contributed by atoms with E-state index in [0.29, 0.717) is 25.0 Å². The van der Waals surface area contributed by atoms with Crippen molar-refractivity contribution in [1.82, 2.24) is 0 Å². The fourth-order valence-electron chi connectivity index (χ4n) is 2.27. The van der Waals surface area contributed by atoms with Gasteiger partial charge in [-0.2, -0.15) is 4.08 Å². The Kier molecular flexibility index (Phi) is 14.1. The van der Waals surface area contributed by atoms with Gasteiger partial charge in [-0.15, -0.1) is 0 Å². The molecule has 0 aromatic carbocycles. The molecule has 0 saturated carbocycles. The maximum Gasteiger partial charge on any atom is 0.491 e. The predicted octanol–water partition coefficient (Wildman–Crippen LogP) is 6.73. The van der Waals surface area contributed by atoms with Crippen molar-refractivity contribution < 1.29 is 17.7 Å². The molecule has 0 bridgehead atoms. The van der Waals surface area contributed by atoms with Crippen LogP contribution in [-0.4, -0.2) is 13.2 Å². The van der Waals surface area contributed by atoms with E-state index in [1.807, 2.05) is 0 Å². The second-order valence-corrected chi connectivity index (χ2v) is 7.90. The molecule has 2 atom stereocenters. The van der Waals surface area contributed by atoms with E-state index in [-0.39, 0.29) is 0 Å². The second-order valence-electron chi connectivity index (χ2n) is 5.94. The summed E-state index contributed by atoms with van der Waals surface area (Å²) in [6, 6.07) is 0. The number of halogens is 1. The maximum atomic E-state index is 12.4. The lowest BCUT2D eigenvalue weighted by molar-refractivity contribution is 0.117. The highest BCUT2D eigenvalue weighted by Gasteiger charge is 2.29. The third-order valence-corrected chi connectivity index (χ3v) is 5.71. The fraction of sp³-hybridized carbons (Fsp3) is 1.00. The average molecular weight is 357 g/mol. The first-order chi connectivity index (χ1) is 10.5. The largest absolute Gasteiger partial charge is 0.491 e. The first-order valence-corrected chi connectivity index (χ1v) is 10.5. The summed E-state index contributed by atoms with van der Waals surface area (Å²) in [6.45, 7) is 9.26. The molecule has 134 valence electrons. The minimum absolute atomic E-state index is 0.366. The van der Waals surface area contributed by atoms with Gasteiger partial charge in [0.05, 0.1) is 25.1 Å². The van der Waals surface area contributed by atoms with Crippen LogP contribution in [0.1, 0.15) is 79.1 Å². The van der Waals surface area contributed by atoms with Gasteiger partial charge in [0.2, 0.25) is 0 Å². The van der Waals surface area contributed by atoms with Gasteiger partial charge in [0.15, 0.2) is 0 Å². The summed E-state index contributed by atoms with van der Waals surface area (Å²) in [7, 11) is -3.63. The molecule has 0 aliphatic heterocycles. The number of unbranched alkanes of at least 4 members (excludes halogenated alkanes) is 2. The fourth-order valence-corrected chi connectivity index (χ4v) is 3.45. The van der Waals surface area contributed by atoms with Gasteiger partial charge in [0, 0.05) is 0 Å². The zero-order chi connectivity index (χ0) is 16.8. The minimum atomic E-state index is -3.63. The van der Waals surface area contributed by atoms with Crippen LogP contribution in [-0.2, 0) is 17.7 Å². The second kappa shape index (κ2) is 13.8. The Balaban J connectivity index is 4.29. The van der Waals surface area contributed by atoms with Crippen LogP contribution in [0, 0.1) is 11.8 Å². The number of phosphoric acid groups is 1. The summed E-state index contributed by atoms with van der Waals surface area (Å²) < 4.78 is 27.7. The first-order valence-electron chi connectivity index (χ1n) is 8.74. The third kappa shape index (κ3) is 10.2. The lowest BCUT2D eigenvalue weighted by atomic mass is 10.0.